The first-order chi connectivity index (χ1) is 7.22. The van der Waals surface area contributed by atoms with Crippen molar-refractivity contribution in [3.63, 3.8) is 0 Å². The van der Waals surface area contributed by atoms with E-state index in [1.54, 1.807) is 7.05 Å². The molecule has 0 unspecified atom stereocenters. The number of nitrogens with one attached hydrogen (secondary N) is 3. The molecule has 84 valence electrons. The minimum absolute atomic E-state index is 0.661. The zero-order valence-corrected chi connectivity index (χ0v) is 10.7. The number of hydrogen-bond acceptors (Lipinski definition) is 4. The van der Waals surface area contributed by atoms with Crippen molar-refractivity contribution >= 4 is 40.5 Å². The van der Waals surface area contributed by atoms with Gasteiger partial charge in [-0.15, -0.1) is 0 Å². The van der Waals surface area contributed by atoms with Gasteiger partial charge in [-0.3, -0.25) is 0 Å². The lowest BCUT2D eigenvalue weighted by Gasteiger charge is -2.06. The third-order valence-corrected chi connectivity index (χ3v) is 2.93. The molecule has 0 spiro atoms. The normalized spacial score (nSPS) is 10.0. The monoisotopic (exact) mass is 264 g/mol. The van der Waals surface area contributed by atoms with E-state index in [4.69, 9.17) is 23.8 Å². The second-order valence-corrected chi connectivity index (χ2v) is 4.65. The molecule has 1 heterocycles. The quantitative estimate of drug-likeness (QED) is 0.547. The minimum Gasteiger partial charge on any atom is -0.366 e. The highest BCUT2D eigenvalue weighted by molar-refractivity contribution is 7.80. The van der Waals surface area contributed by atoms with Gasteiger partial charge < -0.3 is 16.0 Å². The molecule has 0 aliphatic carbocycles. The summed E-state index contributed by atoms with van der Waals surface area (Å²) in [5, 5.41) is 9.77. The second-order valence-electron chi connectivity index (χ2n) is 2.81. The highest BCUT2D eigenvalue weighted by atomic mass is 35.5. The summed E-state index contributed by atoms with van der Waals surface area (Å²) in [6.07, 6.45) is 0. The van der Waals surface area contributed by atoms with E-state index >= 15 is 0 Å². The molecule has 0 aliphatic heterocycles. The SMILES string of the molecule is CNC(=S)NCCNCc1cc(Cl)sn1. The van der Waals surface area contributed by atoms with Crippen molar-refractivity contribution < 1.29 is 0 Å². The van der Waals surface area contributed by atoms with Crippen LogP contribution in [0.3, 0.4) is 0 Å². The Kier molecular flexibility index (Phi) is 5.85. The largest absolute Gasteiger partial charge is 0.366 e. The fourth-order valence-electron chi connectivity index (χ4n) is 0.939. The van der Waals surface area contributed by atoms with Crippen LogP contribution in [0.1, 0.15) is 5.69 Å². The van der Waals surface area contributed by atoms with Gasteiger partial charge in [-0.1, -0.05) is 11.6 Å². The van der Waals surface area contributed by atoms with E-state index in [1.807, 2.05) is 6.07 Å². The summed E-state index contributed by atoms with van der Waals surface area (Å²) in [6, 6.07) is 1.87. The standard InChI is InChI=1S/C8H13ClN4S2/c1-10-8(14)12-3-2-11-5-6-4-7(9)15-13-6/h4,11H,2-3,5H2,1H3,(H2,10,12,14). The first-order valence-electron chi connectivity index (χ1n) is 4.49. The van der Waals surface area contributed by atoms with Crippen LogP contribution in [0.15, 0.2) is 6.07 Å². The van der Waals surface area contributed by atoms with Crippen LogP contribution in [0.2, 0.25) is 4.34 Å². The Labute approximate surface area is 104 Å². The average Bonchev–Trinajstić information content (AvgIpc) is 2.63. The summed E-state index contributed by atoms with van der Waals surface area (Å²) in [5.74, 6) is 0. The molecule has 0 saturated heterocycles. The molecule has 4 nitrogen and oxygen atoms in total. The van der Waals surface area contributed by atoms with E-state index in [0.29, 0.717) is 5.11 Å². The van der Waals surface area contributed by atoms with Crippen molar-refractivity contribution in [3.05, 3.63) is 16.1 Å². The predicted molar refractivity (Wildman–Crippen MR) is 68.5 cm³/mol. The molecule has 0 aromatic carbocycles. The van der Waals surface area contributed by atoms with E-state index < -0.39 is 0 Å². The van der Waals surface area contributed by atoms with Crippen LogP contribution < -0.4 is 16.0 Å². The van der Waals surface area contributed by atoms with E-state index in [-0.39, 0.29) is 0 Å². The highest BCUT2D eigenvalue weighted by Gasteiger charge is 1.98. The summed E-state index contributed by atoms with van der Waals surface area (Å²) < 4.78 is 4.88. The molecule has 3 N–H and O–H groups in total. The van der Waals surface area contributed by atoms with Crippen molar-refractivity contribution in [2.75, 3.05) is 20.1 Å². The first kappa shape index (κ1) is 12.6. The highest BCUT2D eigenvalue weighted by Crippen LogP contribution is 2.15. The van der Waals surface area contributed by atoms with Crippen LogP contribution in [0.4, 0.5) is 0 Å². The van der Waals surface area contributed by atoms with Crippen LogP contribution in [-0.4, -0.2) is 29.6 Å². The van der Waals surface area contributed by atoms with Gasteiger partial charge >= 0.3 is 0 Å². The molecule has 0 bridgehead atoms. The van der Waals surface area contributed by atoms with Gasteiger partial charge in [-0.05, 0) is 29.8 Å². The second kappa shape index (κ2) is 6.95. The molecule has 0 amide bonds. The van der Waals surface area contributed by atoms with Crippen LogP contribution >= 0.6 is 35.4 Å². The van der Waals surface area contributed by atoms with Gasteiger partial charge in [-0.25, -0.2) is 0 Å². The molecule has 1 aromatic heterocycles. The number of thiocarbonyl (C=S) groups is 1. The Morgan fingerprint density at radius 3 is 3.00 bits per heavy atom. The predicted octanol–water partition coefficient (Wildman–Crippen LogP) is 0.980. The topological polar surface area (TPSA) is 49.0 Å². The van der Waals surface area contributed by atoms with E-state index in [0.717, 1.165) is 29.7 Å². The zero-order chi connectivity index (χ0) is 11.1. The summed E-state index contributed by atoms with van der Waals surface area (Å²) in [5.41, 5.74) is 0.973. The number of halogens is 1. The fourth-order valence-corrected chi connectivity index (χ4v) is 1.78. The van der Waals surface area contributed by atoms with Gasteiger partial charge in [0.15, 0.2) is 5.11 Å². The third kappa shape index (κ3) is 5.27. The lowest BCUT2D eigenvalue weighted by Crippen LogP contribution is -2.37. The lowest BCUT2D eigenvalue weighted by atomic mass is 10.4. The first-order valence-corrected chi connectivity index (χ1v) is 6.05. The Morgan fingerprint density at radius 1 is 1.60 bits per heavy atom. The van der Waals surface area contributed by atoms with Gasteiger partial charge in [0.25, 0.3) is 0 Å². The van der Waals surface area contributed by atoms with Crippen LogP contribution in [0.25, 0.3) is 0 Å². The fraction of sp³-hybridized carbons (Fsp3) is 0.500. The molecule has 0 atom stereocenters. The number of nitrogens with zero attached hydrogens (tertiary/aromatic N) is 1. The molecule has 1 aromatic rings. The Balaban J connectivity index is 2.05. The van der Waals surface area contributed by atoms with Gasteiger partial charge in [0, 0.05) is 26.7 Å². The van der Waals surface area contributed by atoms with Crippen LogP contribution in [0.5, 0.6) is 0 Å². The number of rotatable bonds is 5. The third-order valence-electron chi connectivity index (χ3n) is 1.65. The van der Waals surface area contributed by atoms with Crippen molar-refractivity contribution in [2.45, 2.75) is 6.54 Å². The molecular weight excluding hydrogens is 252 g/mol. The van der Waals surface area contributed by atoms with Gasteiger partial charge in [0.05, 0.1) is 5.69 Å². The van der Waals surface area contributed by atoms with E-state index in [2.05, 4.69) is 20.3 Å². The van der Waals surface area contributed by atoms with Crippen molar-refractivity contribution in [2.24, 2.45) is 0 Å². The zero-order valence-electron chi connectivity index (χ0n) is 8.34. The Hall–Kier alpha value is -0.430. The molecule has 0 aliphatic rings. The van der Waals surface area contributed by atoms with Gasteiger partial charge in [0.1, 0.15) is 4.34 Å². The molecule has 0 radical (unpaired) electrons. The van der Waals surface area contributed by atoms with Crippen molar-refractivity contribution in [1.29, 1.82) is 0 Å². The molecule has 15 heavy (non-hydrogen) atoms. The molecule has 1 rings (SSSR count). The lowest BCUT2D eigenvalue weighted by molar-refractivity contribution is 0.664. The van der Waals surface area contributed by atoms with Crippen LogP contribution in [0, 0.1) is 0 Å². The summed E-state index contributed by atoms with van der Waals surface area (Å²) in [6.45, 7) is 2.35. The van der Waals surface area contributed by atoms with E-state index in [1.165, 1.54) is 11.5 Å². The maximum atomic E-state index is 5.75. The number of aromatic nitrogens is 1. The van der Waals surface area contributed by atoms with Crippen molar-refractivity contribution in [3.8, 4) is 0 Å². The van der Waals surface area contributed by atoms with E-state index in [9.17, 15) is 0 Å². The Bertz CT molecular complexity index is 315. The minimum atomic E-state index is 0.661. The summed E-state index contributed by atoms with van der Waals surface area (Å²) in [4.78, 5) is 0. The smallest absolute Gasteiger partial charge is 0.166 e. The van der Waals surface area contributed by atoms with Gasteiger partial charge in [0.2, 0.25) is 0 Å². The Morgan fingerprint density at radius 2 is 2.40 bits per heavy atom. The summed E-state index contributed by atoms with van der Waals surface area (Å²) >= 11 is 12.0. The molecule has 0 fully saturated rings. The van der Waals surface area contributed by atoms with Crippen molar-refractivity contribution in [1.82, 2.24) is 20.3 Å². The van der Waals surface area contributed by atoms with Gasteiger partial charge in [-0.2, -0.15) is 4.37 Å². The maximum absolute atomic E-state index is 5.75. The molecular formula is C8H13ClN4S2. The average molecular weight is 265 g/mol. The summed E-state index contributed by atoms with van der Waals surface area (Å²) in [7, 11) is 1.79. The molecule has 0 saturated carbocycles. The number of hydrogen-bond donors (Lipinski definition) is 3. The molecule has 7 heteroatoms. The maximum Gasteiger partial charge on any atom is 0.166 e. The van der Waals surface area contributed by atoms with Crippen LogP contribution in [-0.2, 0) is 6.54 Å².